The number of nitrogens with zero attached hydrogens (tertiary/aromatic N) is 2. The maximum Gasteiger partial charge on any atom is 0.243 e. The fourth-order valence-electron chi connectivity index (χ4n) is 5.37. The van der Waals surface area contributed by atoms with Gasteiger partial charge in [0.2, 0.25) is 5.91 Å². The second kappa shape index (κ2) is 7.35. The fraction of sp³-hybridized carbons (Fsp3) is 0.762. The Hall–Kier alpha value is -1.33. The van der Waals surface area contributed by atoms with Crippen LogP contribution in [-0.4, -0.2) is 53.5 Å². The molecule has 2 N–H and O–H groups in total. The minimum atomic E-state index is -0.271. The quantitative estimate of drug-likeness (QED) is 0.901. The standard InChI is InChI=1S/C21H33N3O2/c1-16-8-9-19(26-16)17-14-23(15-18(17)22)20(25)21(10-4-2-5-11-21)24-12-6-3-7-13-24/h8-9,17-18H,2-7,10-15,22H2,1H3/t17-,18-/m1/s1. The maximum absolute atomic E-state index is 13.7. The number of amides is 1. The summed E-state index contributed by atoms with van der Waals surface area (Å²) in [5.41, 5.74) is 6.16. The third kappa shape index (κ3) is 3.20. The van der Waals surface area contributed by atoms with E-state index in [1.807, 2.05) is 24.0 Å². The predicted molar refractivity (Wildman–Crippen MR) is 102 cm³/mol. The third-order valence-electron chi connectivity index (χ3n) is 6.82. The normalized spacial score (nSPS) is 29.8. The van der Waals surface area contributed by atoms with Gasteiger partial charge >= 0.3 is 0 Å². The molecule has 1 aromatic heterocycles. The number of carbonyl (C=O) groups is 1. The van der Waals surface area contributed by atoms with Crippen LogP contribution in [0.4, 0.5) is 0 Å². The molecule has 5 heteroatoms. The molecule has 0 bridgehead atoms. The molecule has 0 unspecified atom stereocenters. The van der Waals surface area contributed by atoms with Crippen molar-refractivity contribution < 1.29 is 9.21 Å². The minimum Gasteiger partial charge on any atom is -0.466 e. The van der Waals surface area contributed by atoms with Crippen molar-refractivity contribution in [2.24, 2.45) is 5.73 Å². The van der Waals surface area contributed by atoms with Crippen molar-refractivity contribution in [1.82, 2.24) is 9.80 Å². The van der Waals surface area contributed by atoms with Gasteiger partial charge in [-0.15, -0.1) is 0 Å². The fourth-order valence-corrected chi connectivity index (χ4v) is 5.37. The van der Waals surface area contributed by atoms with Crippen LogP contribution in [0, 0.1) is 6.92 Å². The Morgan fingerprint density at radius 1 is 1.08 bits per heavy atom. The molecule has 26 heavy (non-hydrogen) atoms. The van der Waals surface area contributed by atoms with E-state index in [0.29, 0.717) is 19.0 Å². The maximum atomic E-state index is 13.7. The van der Waals surface area contributed by atoms with Crippen LogP contribution >= 0.6 is 0 Å². The van der Waals surface area contributed by atoms with Crippen molar-refractivity contribution >= 4 is 5.91 Å². The van der Waals surface area contributed by atoms with E-state index >= 15 is 0 Å². The van der Waals surface area contributed by atoms with E-state index in [0.717, 1.165) is 37.5 Å². The number of hydrogen-bond acceptors (Lipinski definition) is 4. The second-order valence-corrected chi connectivity index (χ2v) is 8.57. The van der Waals surface area contributed by atoms with E-state index in [9.17, 15) is 4.79 Å². The molecule has 0 radical (unpaired) electrons. The average Bonchev–Trinajstić information content (AvgIpc) is 3.28. The number of rotatable bonds is 3. The van der Waals surface area contributed by atoms with E-state index in [1.165, 1.54) is 38.5 Å². The van der Waals surface area contributed by atoms with Crippen molar-refractivity contribution in [2.45, 2.75) is 75.8 Å². The molecule has 5 nitrogen and oxygen atoms in total. The molecule has 1 aromatic rings. The number of furan rings is 1. The smallest absolute Gasteiger partial charge is 0.243 e. The van der Waals surface area contributed by atoms with E-state index < -0.39 is 0 Å². The summed E-state index contributed by atoms with van der Waals surface area (Å²) >= 11 is 0. The van der Waals surface area contributed by atoms with Crippen molar-refractivity contribution in [1.29, 1.82) is 0 Å². The van der Waals surface area contributed by atoms with Gasteiger partial charge < -0.3 is 15.1 Å². The highest BCUT2D eigenvalue weighted by molar-refractivity contribution is 5.87. The first-order chi connectivity index (χ1) is 12.6. The van der Waals surface area contributed by atoms with Crippen LogP contribution < -0.4 is 5.73 Å². The number of carbonyl (C=O) groups excluding carboxylic acids is 1. The summed E-state index contributed by atoms with van der Waals surface area (Å²) in [4.78, 5) is 18.3. The van der Waals surface area contributed by atoms with E-state index in [4.69, 9.17) is 10.2 Å². The monoisotopic (exact) mass is 359 g/mol. The molecule has 3 fully saturated rings. The topological polar surface area (TPSA) is 62.7 Å². The first-order valence-electron chi connectivity index (χ1n) is 10.5. The molecule has 3 aliphatic rings. The molecule has 1 amide bonds. The molecule has 3 heterocycles. The Balaban J connectivity index is 1.54. The summed E-state index contributed by atoms with van der Waals surface area (Å²) in [5, 5.41) is 0. The molecule has 144 valence electrons. The average molecular weight is 360 g/mol. The van der Waals surface area contributed by atoms with Crippen LogP contribution in [0.3, 0.4) is 0 Å². The molecule has 1 aliphatic carbocycles. The number of aryl methyl sites for hydroxylation is 1. The SMILES string of the molecule is Cc1ccc([C@@H]2CN(C(=O)C3(N4CCCCC4)CCCCC3)C[C@H]2N)o1. The van der Waals surface area contributed by atoms with E-state index in [2.05, 4.69) is 4.90 Å². The number of likely N-dealkylation sites (tertiary alicyclic amines) is 2. The van der Waals surface area contributed by atoms with Gasteiger partial charge in [0.05, 0.1) is 5.92 Å². The van der Waals surface area contributed by atoms with E-state index in [1.54, 1.807) is 0 Å². The lowest BCUT2D eigenvalue weighted by molar-refractivity contribution is -0.147. The van der Waals surface area contributed by atoms with Gasteiger partial charge in [-0.25, -0.2) is 0 Å². The van der Waals surface area contributed by atoms with Gasteiger partial charge in [-0.3, -0.25) is 9.69 Å². The van der Waals surface area contributed by atoms with Crippen molar-refractivity contribution in [3.8, 4) is 0 Å². The van der Waals surface area contributed by atoms with Gasteiger partial charge in [0.25, 0.3) is 0 Å². The first kappa shape index (κ1) is 18.1. The zero-order valence-electron chi connectivity index (χ0n) is 16.1. The number of hydrogen-bond donors (Lipinski definition) is 1. The molecular weight excluding hydrogens is 326 g/mol. The number of nitrogens with two attached hydrogens (primary N) is 1. The third-order valence-corrected chi connectivity index (χ3v) is 6.82. The predicted octanol–water partition coefficient (Wildman–Crippen LogP) is 3.03. The molecule has 2 atom stereocenters. The molecule has 2 saturated heterocycles. The zero-order valence-corrected chi connectivity index (χ0v) is 16.1. The highest BCUT2D eigenvalue weighted by Crippen LogP contribution is 2.39. The summed E-state index contributed by atoms with van der Waals surface area (Å²) in [6.45, 7) is 5.46. The molecule has 4 rings (SSSR count). The summed E-state index contributed by atoms with van der Waals surface area (Å²) in [7, 11) is 0. The number of piperidine rings is 1. The summed E-state index contributed by atoms with van der Waals surface area (Å²) < 4.78 is 5.82. The van der Waals surface area contributed by atoms with Gasteiger partial charge in [-0.05, 0) is 57.8 Å². The van der Waals surface area contributed by atoms with E-state index in [-0.39, 0.29) is 17.5 Å². The van der Waals surface area contributed by atoms with Crippen LogP contribution in [0.1, 0.15) is 68.8 Å². The molecule has 1 saturated carbocycles. The van der Waals surface area contributed by atoms with Gasteiger partial charge in [-0.2, -0.15) is 0 Å². The minimum absolute atomic E-state index is 0.0357. The van der Waals surface area contributed by atoms with Crippen molar-refractivity contribution in [3.05, 3.63) is 23.7 Å². The summed E-state index contributed by atoms with van der Waals surface area (Å²) in [6.07, 6.45) is 9.38. The van der Waals surface area contributed by atoms with Gasteiger partial charge in [0, 0.05) is 19.1 Å². The highest BCUT2D eigenvalue weighted by Gasteiger charge is 2.49. The van der Waals surface area contributed by atoms with Crippen LogP contribution in [0.2, 0.25) is 0 Å². The van der Waals surface area contributed by atoms with Gasteiger partial charge in [0.1, 0.15) is 17.1 Å². The Labute approximate surface area is 156 Å². The van der Waals surface area contributed by atoms with Gasteiger partial charge in [0.15, 0.2) is 0 Å². The molecule has 2 aliphatic heterocycles. The van der Waals surface area contributed by atoms with Crippen molar-refractivity contribution in [2.75, 3.05) is 26.2 Å². The highest BCUT2D eigenvalue weighted by atomic mass is 16.3. The Morgan fingerprint density at radius 3 is 2.42 bits per heavy atom. The lowest BCUT2D eigenvalue weighted by atomic mass is 9.78. The van der Waals surface area contributed by atoms with Crippen LogP contribution in [0.5, 0.6) is 0 Å². The first-order valence-corrected chi connectivity index (χ1v) is 10.5. The van der Waals surface area contributed by atoms with Gasteiger partial charge in [-0.1, -0.05) is 25.7 Å². The second-order valence-electron chi connectivity index (χ2n) is 8.57. The molecule has 0 spiro atoms. The lowest BCUT2D eigenvalue weighted by Gasteiger charge is -2.48. The summed E-state index contributed by atoms with van der Waals surface area (Å²) in [6, 6.07) is 3.98. The van der Waals surface area contributed by atoms with Crippen LogP contribution in [-0.2, 0) is 4.79 Å². The largest absolute Gasteiger partial charge is 0.466 e. The van der Waals surface area contributed by atoms with Crippen molar-refractivity contribution in [3.63, 3.8) is 0 Å². The lowest BCUT2D eigenvalue weighted by Crippen LogP contribution is -2.61. The Morgan fingerprint density at radius 2 is 1.77 bits per heavy atom. The summed E-state index contributed by atoms with van der Waals surface area (Å²) in [5.74, 6) is 2.30. The van der Waals surface area contributed by atoms with Crippen LogP contribution in [0.25, 0.3) is 0 Å². The Bertz CT molecular complexity index is 629. The molecule has 0 aromatic carbocycles. The Kier molecular flexibility index (Phi) is 5.11. The van der Waals surface area contributed by atoms with Crippen LogP contribution in [0.15, 0.2) is 16.5 Å². The molecular formula is C21H33N3O2. The zero-order chi connectivity index (χ0) is 18.1.